The molecule has 0 heterocycles. The molecule has 3 aromatic carbocycles. The number of nitrogens with zero attached hydrogens (tertiary/aromatic N) is 1. The number of nitrogens with one attached hydrogen (secondary N) is 1. The summed E-state index contributed by atoms with van der Waals surface area (Å²) in [6, 6.07) is 13.4. The van der Waals surface area contributed by atoms with Crippen LogP contribution in [-0.2, 0) is 4.79 Å². The van der Waals surface area contributed by atoms with Crippen LogP contribution in [0.25, 0.3) is 11.1 Å². The van der Waals surface area contributed by atoms with Crippen molar-refractivity contribution in [3.63, 3.8) is 0 Å². The molecule has 3 rings (SSSR count). The smallest absolute Gasteiger partial charge is 0.326 e. The van der Waals surface area contributed by atoms with Crippen molar-refractivity contribution in [3.8, 4) is 11.1 Å². The maximum Gasteiger partial charge on any atom is 0.326 e. The Labute approximate surface area is 216 Å². The third kappa shape index (κ3) is 5.71. The van der Waals surface area contributed by atoms with E-state index in [1.165, 1.54) is 24.9 Å². The lowest BCUT2D eigenvalue weighted by atomic mass is 9.94. The highest BCUT2D eigenvalue weighted by Gasteiger charge is 2.25. The first-order chi connectivity index (χ1) is 16.9. The summed E-state index contributed by atoms with van der Waals surface area (Å²) in [5, 5.41) is 13.5. The Kier molecular flexibility index (Phi) is 8.41. The van der Waals surface area contributed by atoms with Crippen LogP contribution in [0, 0.1) is 26.6 Å². The molecule has 0 saturated carbocycles. The van der Waals surface area contributed by atoms with Gasteiger partial charge in [0.15, 0.2) is 0 Å². The van der Waals surface area contributed by atoms with E-state index in [0.717, 1.165) is 23.2 Å². The van der Waals surface area contributed by atoms with Crippen molar-refractivity contribution in [2.24, 2.45) is 0 Å². The maximum absolute atomic E-state index is 15.0. The number of amides is 1. The Hall–Kier alpha value is -3.38. The van der Waals surface area contributed by atoms with Crippen LogP contribution in [0.2, 0.25) is 5.02 Å². The standard InChI is InChI=1S/C29H32ClFN2O3/c1-7-26(20-8-10-24(30)16(2)12-20)32-22-9-11-25(31)23(15-22)21-13-17(3)27(18(4)14-21)28(34)33(6)19(5)29(35)36/h8-15,19,26,32H,7H2,1-6H3,(H,35,36)/t19-,26+/m0/s1. The van der Waals surface area contributed by atoms with E-state index in [2.05, 4.69) is 18.3 Å². The zero-order chi connectivity index (χ0) is 26.7. The Morgan fingerprint density at radius 3 is 2.22 bits per heavy atom. The summed E-state index contributed by atoms with van der Waals surface area (Å²) in [4.78, 5) is 25.5. The van der Waals surface area contributed by atoms with E-state index in [1.807, 2.05) is 19.1 Å². The van der Waals surface area contributed by atoms with Crippen LogP contribution in [-0.4, -0.2) is 35.0 Å². The van der Waals surface area contributed by atoms with Crippen LogP contribution >= 0.6 is 11.6 Å². The molecule has 0 radical (unpaired) electrons. The lowest BCUT2D eigenvalue weighted by Gasteiger charge is -2.24. The fourth-order valence-corrected chi connectivity index (χ4v) is 4.44. The van der Waals surface area contributed by atoms with Gasteiger partial charge in [0.2, 0.25) is 0 Å². The third-order valence-electron chi connectivity index (χ3n) is 6.62. The molecule has 2 atom stereocenters. The van der Waals surface area contributed by atoms with Gasteiger partial charge in [-0.05, 0) is 86.2 Å². The van der Waals surface area contributed by atoms with Crippen molar-refractivity contribution in [3.05, 3.63) is 87.2 Å². The summed E-state index contributed by atoms with van der Waals surface area (Å²) >= 11 is 6.19. The molecule has 0 aromatic heterocycles. The number of benzene rings is 3. The summed E-state index contributed by atoms with van der Waals surface area (Å²) in [6.45, 7) is 9.06. The minimum atomic E-state index is -1.08. The number of likely N-dealkylation sites (N-methyl/N-ethyl adjacent to an activating group) is 1. The average molecular weight is 511 g/mol. The van der Waals surface area contributed by atoms with E-state index in [9.17, 15) is 19.1 Å². The van der Waals surface area contributed by atoms with Crippen LogP contribution in [0.4, 0.5) is 10.1 Å². The Bertz CT molecular complexity index is 1280. The van der Waals surface area contributed by atoms with Gasteiger partial charge in [0, 0.05) is 28.9 Å². The number of halogens is 2. The molecule has 5 nitrogen and oxygen atoms in total. The van der Waals surface area contributed by atoms with Gasteiger partial charge in [-0.25, -0.2) is 9.18 Å². The van der Waals surface area contributed by atoms with Gasteiger partial charge in [-0.3, -0.25) is 4.79 Å². The molecule has 0 spiro atoms. The second-order valence-corrected chi connectivity index (χ2v) is 9.63. The van der Waals surface area contributed by atoms with Crippen LogP contribution in [0.1, 0.15) is 58.9 Å². The van der Waals surface area contributed by atoms with Crippen molar-refractivity contribution < 1.29 is 19.1 Å². The molecular formula is C29H32ClFN2O3. The number of aryl methyl sites for hydroxylation is 3. The topological polar surface area (TPSA) is 69.6 Å². The van der Waals surface area contributed by atoms with Gasteiger partial charge in [-0.15, -0.1) is 0 Å². The number of aliphatic carboxylic acids is 1. The largest absolute Gasteiger partial charge is 0.480 e. The molecule has 0 bridgehead atoms. The van der Waals surface area contributed by atoms with Gasteiger partial charge in [0.05, 0.1) is 6.04 Å². The fourth-order valence-electron chi connectivity index (χ4n) is 4.32. The van der Waals surface area contributed by atoms with Crippen molar-refractivity contribution in [2.45, 2.75) is 53.1 Å². The van der Waals surface area contributed by atoms with Gasteiger partial charge >= 0.3 is 5.97 Å². The predicted octanol–water partition coefficient (Wildman–Crippen LogP) is 7.18. The minimum Gasteiger partial charge on any atom is -0.480 e. The molecule has 7 heteroatoms. The first-order valence-electron chi connectivity index (χ1n) is 11.9. The zero-order valence-electron chi connectivity index (χ0n) is 21.4. The number of rotatable bonds is 8. The summed E-state index contributed by atoms with van der Waals surface area (Å²) in [5.41, 5.74) is 5.66. The summed E-state index contributed by atoms with van der Waals surface area (Å²) in [7, 11) is 1.47. The summed E-state index contributed by atoms with van der Waals surface area (Å²) < 4.78 is 15.0. The van der Waals surface area contributed by atoms with E-state index in [4.69, 9.17) is 11.6 Å². The Balaban J connectivity index is 1.95. The highest BCUT2D eigenvalue weighted by Crippen LogP contribution is 2.32. The number of carbonyl (C=O) groups is 2. The fraction of sp³-hybridized carbons (Fsp3) is 0.310. The first kappa shape index (κ1) is 27.2. The molecule has 0 aliphatic heterocycles. The highest BCUT2D eigenvalue weighted by atomic mass is 35.5. The number of carboxylic acid groups (broad SMARTS) is 1. The lowest BCUT2D eigenvalue weighted by Crippen LogP contribution is -2.40. The van der Waals surface area contributed by atoms with Crippen LogP contribution in [0.15, 0.2) is 48.5 Å². The lowest BCUT2D eigenvalue weighted by molar-refractivity contribution is -0.141. The third-order valence-corrected chi connectivity index (χ3v) is 7.04. The van der Waals surface area contributed by atoms with Gasteiger partial charge in [-0.1, -0.05) is 42.8 Å². The molecule has 0 aliphatic carbocycles. The Morgan fingerprint density at radius 1 is 1.03 bits per heavy atom. The predicted molar refractivity (Wildman–Crippen MR) is 143 cm³/mol. The van der Waals surface area contributed by atoms with E-state index in [1.54, 1.807) is 38.1 Å². The van der Waals surface area contributed by atoms with Crippen molar-refractivity contribution in [2.75, 3.05) is 12.4 Å². The van der Waals surface area contributed by atoms with E-state index in [-0.39, 0.29) is 17.8 Å². The van der Waals surface area contributed by atoms with E-state index >= 15 is 0 Å². The number of hydrogen-bond donors (Lipinski definition) is 2. The molecule has 36 heavy (non-hydrogen) atoms. The van der Waals surface area contributed by atoms with E-state index < -0.39 is 12.0 Å². The first-order valence-corrected chi connectivity index (χ1v) is 12.3. The molecular weight excluding hydrogens is 479 g/mol. The van der Waals surface area contributed by atoms with Crippen molar-refractivity contribution in [1.29, 1.82) is 0 Å². The molecule has 1 amide bonds. The molecule has 2 N–H and O–H groups in total. The van der Waals surface area contributed by atoms with Gasteiger partial charge in [-0.2, -0.15) is 0 Å². The second kappa shape index (κ2) is 11.1. The normalized spacial score (nSPS) is 12.7. The number of carbonyl (C=O) groups excluding carboxylic acids is 1. The van der Waals surface area contributed by atoms with Gasteiger partial charge < -0.3 is 15.3 Å². The van der Waals surface area contributed by atoms with Gasteiger partial charge in [0.1, 0.15) is 11.9 Å². The summed E-state index contributed by atoms with van der Waals surface area (Å²) in [5.74, 6) is -1.83. The minimum absolute atomic E-state index is 0.0227. The monoisotopic (exact) mass is 510 g/mol. The van der Waals surface area contributed by atoms with Crippen LogP contribution in [0.3, 0.4) is 0 Å². The van der Waals surface area contributed by atoms with Gasteiger partial charge in [0.25, 0.3) is 5.91 Å². The maximum atomic E-state index is 15.0. The van der Waals surface area contributed by atoms with Crippen molar-refractivity contribution >= 4 is 29.2 Å². The van der Waals surface area contributed by atoms with Crippen LogP contribution < -0.4 is 5.32 Å². The number of hydrogen-bond acceptors (Lipinski definition) is 3. The highest BCUT2D eigenvalue weighted by molar-refractivity contribution is 6.31. The molecule has 0 aliphatic rings. The molecule has 3 aromatic rings. The molecule has 0 saturated heterocycles. The van der Waals surface area contributed by atoms with Crippen molar-refractivity contribution in [1.82, 2.24) is 4.90 Å². The molecule has 190 valence electrons. The summed E-state index contributed by atoms with van der Waals surface area (Å²) in [6.07, 6.45) is 0.824. The quantitative estimate of drug-likeness (QED) is 0.337. The Morgan fingerprint density at radius 2 is 1.67 bits per heavy atom. The SMILES string of the molecule is CC[C@@H](Nc1ccc(F)c(-c2cc(C)c(C(=O)N(C)[C@@H](C)C(=O)O)c(C)c2)c1)c1ccc(Cl)c(C)c1. The number of carboxylic acids is 1. The molecule has 0 fully saturated rings. The molecule has 0 unspecified atom stereocenters. The second-order valence-electron chi connectivity index (χ2n) is 9.22. The van der Waals surface area contributed by atoms with Crippen LogP contribution in [0.5, 0.6) is 0 Å². The zero-order valence-corrected chi connectivity index (χ0v) is 22.2. The van der Waals surface area contributed by atoms with E-state index in [0.29, 0.717) is 32.8 Å². The number of anilines is 1. The average Bonchev–Trinajstić information content (AvgIpc) is 2.83.